The van der Waals surface area contributed by atoms with Gasteiger partial charge in [0.15, 0.2) is 5.96 Å². The number of benzene rings is 1. The lowest BCUT2D eigenvalue weighted by Gasteiger charge is -2.12. The summed E-state index contributed by atoms with van der Waals surface area (Å²) in [4.78, 5) is 20.4. The molecule has 7 nitrogen and oxygen atoms in total. The monoisotopic (exact) mass is 355 g/mol. The van der Waals surface area contributed by atoms with Crippen molar-refractivity contribution in [2.45, 2.75) is 19.9 Å². The number of aliphatic imine (C=N–C) groups is 1. The van der Waals surface area contributed by atoms with E-state index in [4.69, 9.17) is 4.74 Å². The predicted molar refractivity (Wildman–Crippen MR) is 103 cm³/mol. The Kier molecular flexibility index (Phi) is 7.42. The van der Waals surface area contributed by atoms with E-state index in [1.54, 1.807) is 20.2 Å². The SMILES string of the molecule is CN=C(NCCC(=O)Nc1cccc(C)n1)NCc1cccc(OC)c1. The molecule has 0 saturated carbocycles. The van der Waals surface area contributed by atoms with Crippen molar-refractivity contribution < 1.29 is 9.53 Å². The van der Waals surface area contributed by atoms with Gasteiger partial charge in [-0.1, -0.05) is 18.2 Å². The molecule has 0 aliphatic carbocycles. The fourth-order valence-electron chi connectivity index (χ4n) is 2.30. The minimum atomic E-state index is -0.0983. The van der Waals surface area contributed by atoms with E-state index < -0.39 is 0 Å². The average Bonchev–Trinajstić information content (AvgIpc) is 2.64. The maximum absolute atomic E-state index is 12.0. The van der Waals surface area contributed by atoms with E-state index in [9.17, 15) is 4.79 Å². The molecule has 0 saturated heterocycles. The molecule has 0 fully saturated rings. The molecule has 0 aliphatic heterocycles. The zero-order chi connectivity index (χ0) is 18.8. The number of nitrogens with zero attached hydrogens (tertiary/aromatic N) is 2. The van der Waals surface area contributed by atoms with Crippen LogP contribution in [0.15, 0.2) is 47.5 Å². The molecule has 1 heterocycles. The fraction of sp³-hybridized carbons (Fsp3) is 0.316. The Balaban J connectivity index is 1.73. The van der Waals surface area contributed by atoms with Crippen LogP contribution in [0.5, 0.6) is 5.75 Å². The van der Waals surface area contributed by atoms with Gasteiger partial charge in [0.1, 0.15) is 11.6 Å². The van der Waals surface area contributed by atoms with E-state index >= 15 is 0 Å². The summed E-state index contributed by atoms with van der Waals surface area (Å²) in [5.41, 5.74) is 1.94. The number of hydrogen-bond donors (Lipinski definition) is 3. The molecule has 1 aromatic heterocycles. The molecule has 0 spiro atoms. The van der Waals surface area contributed by atoms with Gasteiger partial charge in [0.2, 0.25) is 5.91 Å². The molecule has 2 aromatic rings. The number of aryl methyl sites for hydroxylation is 1. The number of ether oxygens (including phenoxy) is 1. The first-order valence-electron chi connectivity index (χ1n) is 8.41. The van der Waals surface area contributed by atoms with E-state index in [-0.39, 0.29) is 5.91 Å². The molecule has 1 aromatic carbocycles. The van der Waals surface area contributed by atoms with Gasteiger partial charge in [-0.2, -0.15) is 0 Å². The Bertz CT molecular complexity index is 761. The molecule has 0 radical (unpaired) electrons. The summed E-state index contributed by atoms with van der Waals surface area (Å²) in [5, 5.41) is 9.11. The van der Waals surface area contributed by atoms with Gasteiger partial charge in [-0.05, 0) is 36.8 Å². The molecule has 138 valence electrons. The summed E-state index contributed by atoms with van der Waals surface area (Å²) in [5.74, 6) is 1.91. The number of carbonyl (C=O) groups is 1. The first-order chi connectivity index (χ1) is 12.6. The summed E-state index contributed by atoms with van der Waals surface area (Å²) in [6, 6.07) is 13.3. The van der Waals surface area contributed by atoms with Crippen molar-refractivity contribution in [1.82, 2.24) is 15.6 Å². The van der Waals surface area contributed by atoms with Crippen LogP contribution < -0.4 is 20.7 Å². The zero-order valence-electron chi connectivity index (χ0n) is 15.4. The van der Waals surface area contributed by atoms with Crippen molar-refractivity contribution >= 4 is 17.7 Å². The summed E-state index contributed by atoms with van der Waals surface area (Å²) < 4.78 is 5.21. The Morgan fingerprint density at radius 1 is 1.19 bits per heavy atom. The van der Waals surface area contributed by atoms with Gasteiger partial charge in [-0.3, -0.25) is 9.79 Å². The smallest absolute Gasteiger partial charge is 0.227 e. The topological polar surface area (TPSA) is 87.6 Å². The van der Waals surface area contributed by atoms with Gasteiger partial charge in [0.25, 0.3) is 0 Å². The third-order valence-corrected chi connectivity index (χ3v) is 3.62. The van der Waals surface area contributed by atoms with Crippen molar-refractivity contribution in [3.63, 3.8) is 0 Å². The highest BCUT2D eigenvalue weighted by Gasteiger charge is 2.05. The predicted octanol–water partition coefficient (Wildman–Crippen LogP) is 2.09. The third kappa shape index (κ3) is 6.43. The molecule has 1 amide bonds. The summed E-state index contributed by atoms with van der Waals surface area (Å²) in [6.45, 7) is 2.96. The molecule has 7 heteroatoms. The number of nitrogens with one attached hydrogen (secondary N) is 3. The number of methoxy groups -OCH3 is 1. The maximum atomic E-state index is 12.0. The Morgan fingerprint density at radius 3 is 2.73 bits per heavy atom. The summed E-state index contributed by atoms with van der Waals surface area (Å²) >= 11 is 0. The average molecular weight is 355 g/mol. The number of anilines is 1. The van der Waals surface area contributed by atoms with E-state index in [1.807, 2.05) is 43.3 Å². The van der Waals surface area contributed by atoms with Gasteiger partial charge in [0.05, 0.1) is 7.11 Å². The highest BCUT2D eigenvalue weighted by atomic mass is 16.5. The van der Waals surface area contributed by atoms with Crippen LogP contribution in [0.25, 0.3) is 0 Å². The van der Waals surface area contributed by atoms with Crippen molar-refractivity contribution in [2.75, 3.05) is 26.0 Å². The lowest BCUT2D eigenvalue weighted by Crippen LogP contribution is -2.38. The van der Waals surface area contributed by atoms with Gasteiger partial charge in [-0.25, -0.2) is 4.98 Å². The van der Waals surface area contributed by atoms with Crippen LogP contribution >= 0.6 is 0 Å². The lowest BCUT2D eigenvalue weighted by molar-refractivity contribution is -0.116. The van der Waals surface area contributed by atoms with Gasteiger partial charge < -0.3 is 20.7 Å². The highest BCUT2D eigenvalue weighted by molar-refractivity contribution is 5.90. The first-order valence-corrected chi connectivity index (χ1v) is 8.41. The minimum Gasteiger partial charge on any atom is -0.497 e. The molecule has 0 bridgehead atoms. The number of pyridine rings is 1. The first kappa shape index (κ1) is 19.2. The molecule has 0 atom stereocenters. The number of guanidine groups is 1. The van der Waals surface area contributed by atoms with Crippen LogP contribution in [0.2, 0.25) is 0 Å². The summed E-state index contributed by atoms with van der Waals surface area (Å²) in [6.07, 6.45) is 0.315. The number of amides is 1. The van der Waals surface area contributed by atoms with E-state index in [0.717, 1.165) is 17.0 Å². The molecule has 0 unspecified atom stereocenters. The second-order valence-electron chi connectivity index (χ2n) is 5.67. The second-order valence-corrected chi connectivity index (χ2v) is 5.67. The van der Waals surface area contributed by atoms with E-state index in [1.165, 1.54) is 0 Å². The van der Waals surface area contributed by atoms with Gasteiger partial charge in [-0.15, -0.1) is 0 Å². The Hall–Kier alpha value is -3.09. The normalized spacial score (nSPS) is 11.0. The molecular weight excluding hydrogens is 330 g/mol. The second kappa shape index (κ2) is 10.0. The maximum Gasteiger partial charge on any atom is 0.227 e. The standard InChI is InChI=1S/C19H25N5O2/c1-14-6-4-9-17(23-14)24-18(25)10-11-21-19(20-2)22-13-15-7-5-8-16(12-15)26-3/h4-9,12H,10-11,13H2,1-3H3,(H2,20,21,22)(H,23,24,25). The van der Waals surface area contributed by atoms with Crippen LogP contribution in [0, 0.1) is 6.92 Å². The molecule has 2 rings (SSSR count). The number of aromatic nitrogens is 1. The third-order valence-electron chi connectivity index (χ3n) is 3.62. The van der Waals surface area contributed by atoms with Crippen LogP contribution in [0.4, 0.5) is 5.82 Å². The number of rotatable bonds is 7. The van der Waals surface area contributed by atoms with Crippen molar-refractivity contribution in [1.29, 1.82) is 0 Å². The zero-order valence-corrected chi connectivity index (χ0v) is 15.4. The van der Waals surface area contributed by atoms with Crippen LogP contribution in [-0.2, 0) is 11.3 Å². The minimum absolute atomic E-state index is 0.0983. The highest BCUT2D eigenvalue weighted by Crippen LogP contribution is 2.12. The quantitative estimate of drug-likeness (QED) is 0.523. The van der Waals surface area contributed by atoms with E-state index in [2.05, 4.69) is 25.9 Å². The van der Waals surface area contributed by atoms with E-state index in [0.29, 0.717) is 31.3 Å². The fourth-order valence-corrected chi connectivity index (χ4v) is 2.30. The Labute approximate surface area is 153 Å². The van der Waals surface area contributed by atoms with Crippen molar-refractivity contribution in [2.24, 2.45) is 4.99 Å². The van der Waals surface area contributed by atoms with Crippen LogP contribution in [0.3, 0.4) is 0 Å². The molecule has 3 N–H and O–H groups in total. The summed E-state index contributed by atoms with van der Waals surface area (Å²) in [7, 11) is 3.34. The van der Waals surface area contributed by atoms with Gasteiger partial charge >= 0.3 is 0 Å². The molecular formula is C19H25N5O2. The van der Waals surface area contributed by atoms with Gasteiger partial charge in [0, 0.05) is 32.3 Å². The van der Waals surface area contributed by atoms with Crippen LogP contribution in [0.1, 0.15) is 17.7 Å². The Morgan fingerprint density at radius 2 is 2.00 bits per heavy atom. The number of carbonyl (C=O) groups excluding carboxylic acids is 1. The largest absolute Gasteiger partial charge is 0.497 e. The van der Waals surface area contributed by atoms with Crippen LogP contribution in [-0.4, -0.2) is 37.6 Å². The lowest BCUT2D eigenvalue weighted by atomic mass is 10.2. The molecule has 0 aliphatic rings. The van der Waals surface area contributed by atoms with Crippen molar-refractivity contribution in [3.05, 3.63) is 53.7 Å². The molecule has 26 heavy (non-hydrogen) atoms. The van der Waals surface area contributed by atoms with Crippen molar-refractivity contribution in [3.8, 4) is 5.75 Å². The number of hydrogen-bond acceptors (Lipinski definition) is 4.